The van der Waals surface area contributed by atoms with Crippen LogP contribution >= 0.6 is 0 Å². The van der Waals surface area contributed by atoms with Crippen LogP contribution in [0.25, 0.3) is 28.2 Å². The van der Waals surface area contributed by atoms with Crippen molar-refractivity contribution in [3.05, 3.63) is 35.8 Å². The molecule has 1 N–H and O–H groups in total. The van der Waals surface area contributed by atoms with Crippen molar-refractivity contribution in [1.29, 1.82) is 0 Å². The first kappa shape index (κ1) is 23.2. The Balaban J connectivity index is 1.76. The van der Waals surface area contributed by atoms with Crippen LogP contribution in [0.5, 0.6) is 0 Å². The van der Waals surface area contributed by atoms with Crippen molar-refractivity contribution >= 4 is 32.6 Å². The van der Waals surface area contributed by atoms with Gasteiger partial charge in [-0.15, -0.1) is 0 Å². The minimum atomic E-state index is -4.62. The molecule has 0 atom stereocenters. The third-order valence-corrected chi connectivity index (χ3v) is 7.73. The summed E-state index contributed by atoms with van der Waals surface area (Å²) in [6, 6.07) is 2.30. The summed E-state index contributed by atoms with van der Waals surface area (Å²) >= 11 is 0. The van der Waals surface area contributed by atoms with E-state index in [0.717, 1.165) is 29.8 Å². The van der Waals surface area contributed by atoms with Crippen molar-refractivity contribution in [1.82, 2.24) is 34.4 Å². The average molecular weight is 507 g/mol. The van der Waals surface area contributed by atoms with Crippen LogP contribution in [0, 0.1) is 0 Å². The Morgan fingerprint density at radius 2 is 1.97 bits per heavy atom. The summed E-state index contributed by atoms with van der Waals surface area (Å²) < 4.78 is 68.1. The van der Waals surface area contributed by atoms with E-state index >= 15 is 0 Å². The number of imidazole rings is 1. The van der Waals surface area contributed by atoms with Crippen molar-refractivity contribution < 1.29 is 26.4 Å². The maximum Gasteiger partial charge on any atom is 0.417 e. The Morgan fingerprint density at radius 1 is 1.23 bits per heavy atom. The zero-order valence-electron chi connectivity index (χ0n) is 18.7. The number of aromatic nitrogens is 6. The number of rotatable bonds is 5. The first-order valence-electron chi connectivity index (χ1n) is 10.8. The number of pyridine rings is 1. The molecule has 1 aliphatic carbocycles. The molecule has 1 fully saturated rings. The van der Waals surface area contributed by atoms with Gasteiger partial charge in [0.1, 0.15) is 22.6 Å². The molecule has 184 valence electrons. The van der Waals surface area contributed by atoms with Crippen LogP contribution in [0.4, 0.5) is 13.2 Å². The summed E-state index contributed by atoms with van der Waals surface area (Å²) in [5.74, 6) is -0.718. The van der Waals surface area contributed by atoms with E-state index in [2.05, 4.69) is 25.4 Å². The Morgan fingerprint density at radius 3 is 2.60 bits per heavy atom. The van der Waals surface area contributed by atoms with Gasteiger partial charge in [0, 0.05) is 25.5 Å². The number of carbonyl (C=O) groups is 1. The van der Waals surface area contributed by atoms with Crippen molar-refractivity contribution in [3.8, 4) is 11.4 Å². The predicted molar refractivity (Wildman–Crippen MR) is 118 cm³/mol. The quantitative estimate of drug-likeness (QED) is 0.441. The second-order valence-electron chi connectivity index (χ2n) is 8.31. The molecule has 35 heavy (non-hydrogen) atoms. The first-order valence-corrected chi connectivity index (χ1v) is 12.5. The van der Waals surface area contributed by atoms with E-state index in [4.69, 9.17) is 0 Å². The smallest absolute Gasteiger partial charge is 0.348 e. The largest absolute Gasteiger partial charge is 0.417 e. The van der Waals surface area contributed by atoms with Crippen LogP contribution in [-0.4, -0.2) is 55.3 Å². The van der Waals surface area contributed by atoms with Crippen molar-refractivity contribution in [2.24, 2.45) is 7.05 Å². The van der Waals surface area contributed by atoms with Gasteiger partial charge in [0.15, 0.2) is 26.2 Å². The highest BCUT2D eigenvalue weighted by atomic mass is 32.2. The van der Waals surface area contributed by atoms with Gasteiger partial charge < -0.3 is 9.88 Å². The van der Waals surface area contributed by atoms with Crippen molar-refractivity contribution in [3.63, 3.8) is 0 Å². The van der Waals surface area contributed by atoms with Crippen LogP contribution in [-0.2, 0) is 23.1 Å². The average Bonchev–Trinajstić information content (AvgIpc) is 3.33. The van der Waals surface area contributed by atoms with E-state index < -0.39 is 27.5 Å². The molecule has 1 aliphatic rings. The molecule has 0 spiro atoms. The Hall–Kier alpha value is -3.55. The maximum absolute atomic E-state index is 13.2. The molecule has 4 heterocycles. The SMILES string of the molecule is CCS(=O)(=O)c1nn2c(C(=O)NC3CCC3)ccnc2c1-c1nc2cc(C(F)(F)F)cnc2n1C. The first-order chi connectivity index (χ1) is 16.5. The van der Waals surface area contributed by atoms with Crippen LogP contribution in [0.1, 0.15) is 42.2 Å². The summed E-state index contributed by atoms with van der Waals surface area (Å²) in [7, 11) is -2.44. The second-order valence-corrected chi connectivity index (χ2v) is 10.5. The van der Waals surface area contributed by atoms with Gasteiger partial charge >= 0.3 is 6.18 Å². The summed E-state index contributed by atoms with van der Waals surface area (Å²) in [5, 5.41) is 6.74. The Bertz CT molecular complexity index is 1590. The number of carbonyl (C=O) groups excluding carboxylic acids is 1. The van der Waals surface area contributed by atoms with Gasteiger partial charge in [0.2, 0.25) is 0 Å². The lowest BCUT2D eigenvalue weighted by atomic mass is 9.93. The Kier molecular flexibility index (Phi) is 5.30. The summed E-state index contributed by atoms with van der Waals surface area (Å²) in [4.78, 5) is 25.3. The maximum atomic E-state index is 13.2. The highest BCUT2D eigenvalue weighted by Gasteiger charge is 2.34. The molecule has 1 amide bonds. The van der Waals surface area contributed by atoms with Gasteiger partial charge in [-0.3, -0.25) is 4.79 Å². The molecule has 0 aromatic carbocycles. The molecule has 0 bridgehead atoms. The summed E-state index contributed by atoms with van der Waals surface area (Å²) in [5.41, 5.74) is -0.839. The van der Waals surface area contributed by atoms with Gasteiger partial charge in [-0.05, 0) is 31.4 Å². The molecule has 0 saturated heterocycles. The minimum absolute atomic E-state index is 0.0119. The van der Waals surface area contributed by atoms with Crippen molar-refractivity contribution in [2.45, 2.75) is 43.4 Å². The van der Waals surface area contributed by atoms with Gasteiger partial charge in [-0.1, -0.05) is 6.92 Å². The molecule has 4 aromatic heterocycles. The van der Waals surface area contributed by atoms with Crippen LogP contribution < -0.4 is 5.32 Å². The third-order valence-electron chi connectivity index (χ3n) is 6.09. The number of halogens is 3. The normalized spacial score (nSPS) is 15.0. The molecular formula is C21H20F3N7O3S. The Labute approximate surface area is 197 Å². The van der Waals surface area contributed by atoms with Gasteiger partial charge in [0.05, 0.1) is 11.3 Å². The molecule has 14 heteroatoms. The highest BCUT2D eigenvalue weighted by Crippen LogP contribution is 2.35. The molecular weight excluding hydrogens is 487 g/mol. The number of nitrogens with one attached hydrogen (secondary N) is 1. The van der Waals surface area contributed by atoms with Crippen LogP contribution in [0.3, 0.4) is 0 Å². The van der Waals surface area contributed by atoms with Gasteiger partial charge in [-0.25, -0.2) is 27.9 Å². The third kappa shape index (κ3) is 3.81. The molecule has 0 aliphatic heterocycles. The van der Waals surface area contributed by atoms with Gasteiger partial charge in [0.25, 0.3) is 5.91 Å². The fourth-order valence-electron chi connectivity index (χ4n) is 3.91. The number of alkyl halides is 3. The molecule has 0 unspecified atom stereocenters. The topological polar surface area (TPSA) is 124 Å². The number of fused-ring (bicyclic) bond motifs is 2. The van der Waals surface area contributed by atoms with E-state index in [1.54, 1.807) is 0 Å². The highest BCUT2D eigenvalue weighted by molar-refractivity contribution is 7.91. The second kappa shape index (κ2) is 8.00. The number of hydrogen-bond donors (Lipinski definition) is 1. The lowest BCUT2D eigenvalue weighted by molar-refractivity contribution is -0.137. The number of sulfone groups is 1. The fraction of sp³-hybridized carbons (Fsp3) is 0.381. The van der Waals surface area contributed by atoms with Crippen LogP contribution in [0.15, 0.2) is 29.6 Å². The van der Waals surface area contributed by atoms with E-state index in [1.165, 1.54) is 30.8 Å². The lowest BCUT2D eigenvalue weighted by Gasteiger charge is -2.26. The molecule has 4 aromatic rings. The molecule has 0 radical (unpaired) electrons. The number of aryl methyl sites for hydroxylation is 1. The number of hydrogen-bond acceptors (Lipinski definition) is 7. The zero-order chi connectivity index (χ0) is 25.1. The summed E-state index contributed by atoms with van der Waals surface area (Å²) in [6.45, 7) is 1.44. The minimum Gasteiger partial charge on any atom is -0.348 e. The zero-order valence-corrected chi connectivity index (χ0v) is 19.5. The monoisotopic (exact) mass is 507 g/mol. The fourth-order valence-corrected chi connectivity index (χ4v) is 4.89. The van der Waals surface area contributed by atoms with E-state index in [-0.39, 0.29) is 50.7 Å². The van der Waals surface area contributed by atoms with Gasteiger partial charge in [-0.2, -0.15) is 18.3 Å². The summed E-state index contributed by atoms with van der Waals surface area (Å²) in [6.07, 6.45) is 0.137. The van der Waals surface area contributed by atoms with E-state index in [1.807, 2.05) is 0 Å². The molecule has 5 rings (SSSR count). The number of nitrogens with zero attached hydrogens (tertiary/aromatic N) is 6. The van der Waals surface area contributed by atoms with E-state index in [9.17, 15) is 26.4 Å². The van der Waals surface area contributed by atoms with E-state index in [0.29, 0.717) is 6.20 Å². The predicted octanol–water partition coefficient (Wildman–Crippen LogP) is 2.77. The number of amides is 1. The van der Waals surface area contributed by atoms with Crippen LogP contribution in [0.2, 0.25) is 0 Å². The standard InChI is InChI=1S/C21H20F3N7O3S/c1-3-35(33,34)20-15(18-28-13-9-11(21(22,23)24)10-26-16(13)30(18)2)17-25-8-7-14(31(17)29-20)19(32)27-12-5-4-6-12/h7-10,12H,3-6H2,1-2H3,(H,27,32). The molecule has 1 saturated carbocycles. The van der Waals surface area contributed by atoms with Crippen molar-refractivity contribution in [2.75, 3.05) is 5.75 Å². The lowest BCUT2D eigenvalue weighted by Crippen LogP contribution is -2.40. The molecule has 10 nitrogen and oxygen atoms in total.